The van der Waals surface area contributed by atoms with Gasteiger partial charge in [-0.3, -0.25) is 0 Å². The highest BCUT2D eigenvalue weighted by Gasteiger charge is 2.22. The first-order chi connectivity index (χ1) is 17.4. The number of ether oxygens (including phenoxy) is 3. The predicted octanol–water partition coefficient (Wildman–Crippen LogP) is 3.68. The van der Waals surface area contributed by atoms with Crippen LogP contribution >= 0.6 is 11.6 Å². The van der Waals surface area contributed by atoms with Gasteiger partial charge in [0.25, 0.3) is 0 Å². The zero-order valence-electron chi connectivity index (χ0n) is 21.1. The van der Waals surface area contributed by atoms with E-state index in [0.717, 1.165) is 34.6 Å². The van der Waals surface area contributed by atoms with Crippen molar-refractivity contribution in [2.75, 3.05) is 40.0 Å². The molecule has 0 bridgehead atoms. The van der Waals surface area contributed by atoms with Crippen LogP contribution in [0, 0.1) is 20.8 Å². The number of hydrogen-bond donors (Lipinski definition) is 2. The maximum atomic E-state index is 10.0. The van der Waals surface area contributed by atoms with Gasteiger partial charge in [-0.25, -0.2) is 9.97 Å². The lowest BCUT2D eigenvalue weighted by Gasteiger charge is -2.23. The van der Waals surface area contributed by atoms with Crippen molar-refractivity contribution in [3.05, 3.63) is 45.9 Å². The van der Waals surface area contributed by atoms with E-state index in [1.807, 2.05) is 20.8 Å². The molecule has 0 aliphatic carbocycles. The van der Waals surface area contributed by atoms with Crippen molar-refractivity contribution in [3.8, 4) is 28.4 Å². The van der Waals surface area contributed by atoms with Crippen LogP contribution in [0.5, 0.6) is 5.75 Å². The van der Waals surface area contributed by atoms with E-state index in [4.69, 9.17) is 40.3 Å². The maximum absolute atomic E-state index is 10.0. The number of hydrogen-bond acceptors (Lipinski definition) is 9. The Hall–Kier alpha value is -2.56. The summed E-state index contributed by atoms with van der Waals surface area (Å²) < 4.78 is 22.6. The van der Waals surface area contributed by atoms with Crippen molar-refractivity contribution >= 4 is 11.6 Å². The Morgan fingerprint density at radius 3 is 2.75 bits per heavy atom. The molecule has 0 saturated carbocycles. The van der Waals surface area contributed by atoms with Gasteiger partial charge < -0.3 is 29.2 Å². The molecular formula is C26H33ClN4O5. The van der Waals surface area contributed by atoms with E-state index < -0.39 is 6.10 Å². The molecule has 1 unspecified atom stereocenters. The maximum Gasteiger partial charge on any atom is 0.161 e. The van der Waals surface area contributed by atoms with Gasteiger partial charge in [-0.1, -0.05) is 16.8 Å². The van der Waals surface area contributed by atoms with Crippen LogP contribution in [-0.2, 0) is 15.9 Å². The normalized spacial score (nSPS) is 16.8. The Bertz CT molecular complexity index is 1160. The molecule has 0 amide bonds. The topological polar surface area (TPSA) is 112 Å². The van der Waals surface area contributed by atoms with E-state index in [1.165, 1.54) is 0 Å². The molecule has 2 aromatic heterocycles. The van der Waals surface area contributed by atoms with E-state index in [-0.39, 0.29) is 12.7 Å². The van der Waals surface area contributed by atoms with Gasteiger partial charge in [-0.2, -0.15) is 0 Å². The number of rotatable bonds is 10. The summed E-state index contributed by atoms with van der Waals surface area (Å²) >= 11 is 6.61. The van der Waals surface area contributed by atoms with Crippen molar-refractivity contribution in [1.82, 2.24) is 20.4 Å². The fourth-order valence-corrected chi connectivity index (χ4v) is 4.45. The second-order valence-corrected chi connectivity index (χ2v) is 9.34. The van der Waals surface area contributed by atoms with Crippen LogP contribution in [-0.4, -0.2) is 72.5 Å². The van der Waals surface area contributed by atoms with E-state index in [0.29, 0.717) is 60.7 Å². The Labute approximate surface area is 216 Å². The monoisotopic (exact) mass is 516 g/mol. The molecule has 1 fully saturated rings. The minimum atomic E-state index is -0.631. The number of nitrogens with zero attached hydrogens (tertiary/aromatic N) is 3. The third kappa shape index (κ3) is 6.22. The van der Waals surface area contributed by atoms with Gasteiger partial charge in [0.1, 0.15) is 24.2 Å². The first-order valence-corrected chi connectivity index (χ1v) is 12.5. The van der Waals surface area contributed by atoms with Crippen molar-refractivity contribution in [1.29, 1.82) is 0 Å². The molecule has 194 valence electrons. The van der Waals surface area contributed by atoms with Gasteiger partial charge in [0.2, 0.25) is 0 Å². The van der Waals surface area contributed by atoms with Crippen LogP contribution < -0.4 is 10.1 Å². The smallest absolute Gasteiger partial charge is 0.161 e. The second-order valence-electron chi connectivity index (χ2n) is 8.94. The van der Waals surface area contributed by atoms with Crippen LogP contribution in [0.1, 0.15) is 29.1 Å². The SMILES string of the molecule is CNC[C@H](O)COc1ccc(Cl)c(-c2nc(CCC3COCCO3)c(C)c(-c3c(C)noc3C)n2)c1. The Kier molecular flexibility index (Phi) is 8.92. The van der Waals surface area contributed by atoms with E-state index in [9.17, 15) is 5.11 Å². The van der Waals surface area contributed by atoms with Crippen LogP contribution in [0.4, 0.5) is 0 Å². The lowest BCUT2D eigenvalue weighted by atomic mass is 10.00. The standard InChI is InChI=1S/C26H33ClN4O5/c1-15-23(8-6-20-14-33-9-10-34-20)29-26(30-25(15)24-16(2)31-36-17(24)3)21-11-19(5-7-22(21)27)35-13-18(32)12-28-4/h5,7,11,18,20,28,32H,6,8-10,12-14H2,1-4H3/t18-,20?/m0/s1. The molecule has 2 atom stereocenters. The molecule has 4 rings (SSSR count). The molecular weight excluding hydrogens is 484 g/mol. The highest BCUT2D eigenvalue weighted by Crippen LogP contribution is 2.35. The summed E-state index contributed by atoms with van der Waals surface area (Å²) in [5.41, 5.74) is 4.88. The molecule has 10 heteroatoms. The summed E-state index contributed by atoms with van der Waals surface area (Å²) in [4.78, 5) is 9.85. The van der Waals surface area contributed by atoms with Crippen molar-refractivity contribution in [2.45, 2.75) is 45.8 Å². The van der Waals surface area contributed by atoms with Gasteiger partial charge in [-0.15, -0.1) is 0 Å². The molecule has 1 aliphatic heterocycles. The quantitative estimate of drug-likeness (QED) is 0.416. The average Bonchev–Trinajstić information content (AvgIpc) is 3.21. The molecule has 3 heterocycles. The van der Waals surface area contributed by atoms with Gasteiger partial charge in [-0.05, 0) is 64.4 Å². The number of benzene rings is 1. The van der Waals surface area contributed by atoms with Gasteiger partial charge in [0, 0.05) is 17.8 Å². The van der Waals surface area contributed by atoms with E-state index in [1.54, 1.807) is 25.2 Å². The lowest BCUT2D eigenvalue weighted by molar-refractivity contribution is -0.0904. The molecule has 1 saturated heterocycles. The fourth-order valence-electron chi connectivity index (χ4n) is 4.24. The van der Waals surface area contributed by atoms with Crippen LogP contribution in [0.3, 0.4) is 0 Å². The lowest BCUT2D eigenvalue weighted by Crippen LogP contribution is -2.29. The Morgan fingerprint density at radius 1 is 1.22 bits per heavy atom. The van der Waals surface area contributed by atoms with Crippen molar-refractivity contribution in [2.24, 2.45) is 0 Å². The molecule has 1 aromatic carbocycles. The van der Waals surface area contributed by atoms with Crippen LogP contribution in [0.15, 0.2) is 22.7 Å². The number of nitrogens with one attached hydrogen (secondary N) is 1. The number of aryl methyl sites for hydroxylation is 3. The third-order valence-electron chi connectivity index (χ3n) is 6.17. The Morgan fingerprint density at radius 2 is 2.06 bits per heavy atom. The van der Waals surface area contributed by atoms with E-state index in [2.05, 4.69) is 10.5 Å². The largest absolute Gasteiger partial charge is 0.491 e. The molecule has 9 nitrogen and oxygen atoms in total. The van der Waals surface area contributed by atoms with Gasteiger partial charge >= 0.3 is 0 Å². The van der Waals surface area contributed by atoms with E-state index >= 15 is 0 Å². The van der Waals surface area contributed by atoms with Gasteiger partial charge in [0.05, 0.1) is 47.9 Å². The Balaban J connectivity index is 1.71. The van der Waals surface area contributed by atoms with Crippen molar-refractivity contribution in [3.63, 3.8) is 0 Å². The van der Waals surface area contributed by atoms with Crippen molar-refractivity contribution < 1.29 is 23.8 Å². The molecule has 0 radical (unpaired) electrons. The number of aliphatic hydroxyl groups is 1. The number of aliphatic hydroxyl groups excluding tert-OH is 1. The summed E-state index contributed by atoms with van der Waals surface area (Å²) in [7, 11) is 1.78. The summed E-state index contributed by atoms with van der Waals surface area (Å²) in [5.74, 6) is 1.75. The zero-order chi connectivity index (χ0) is 25.7. The highest BCUT2D eigenvalue weighted by molar-refractivity contribution is 6.33. The second kappa shape index (κ2) is 12.1. The fraction of sp³-hybridized carbons (Fsp3) is 0.500. The van der Waals surface area contributed by atoms with Crippen LogP contribution in [0.25, 0.3) is 22.6 Å². The average molecular weight is 517 g/mol. The molecule has 3 aromatic rings. The zero-order valence-corrected chi connectivity index (χ0v) is 21.9. The molecule has 1 aliphatic rings. The number of likely N-dealkylation sites (N-methyl/N-ethyl adjacent to an activating group) is 1. The predicted molar refractivity (Wildman–Crippen MR) is 136 cm³/mol. The molecule has 36 heavy (non-hydrogen) atoms. The minimum Gasteiger partial charge on any atom is -0.491 e. The summed E-state index contributed by atoms with van der Waals surface area (Å²) in [5, 5.41) is 17.6. The summed E-state index contributed by atoms with van der Waals surface area (Å²) in [6.07, 6.45) is 0.867. The highest BCUT2D eigenvalue weighted by atomic mass is 35.5. The number of aromatic nitrogens is 3. The summed E-state index contributed by atoms with van der Waals surface area (Å²) in [6, 6.07) is 5.32. The first kappa shape index (κ1) is 26.5. The third-order valence-corrected chi connectivity index (χ3v) is 6.50. The number of halogens is 1. The van der Waals surface area contributed by atoms with Gasteiger partial charge in [0.15, 0.2) is 5.82 Å². The molecule has 0 spiro atoms. The first-order valence-electron chi connectivity index (χ1n) is 12.1. The van der Waals surface area contributed by atoms with Crippen LogP contribution in [0.2, 0.25) is 5.02 Å². The summed E-state index contributed by atoms with van der Waals surface area (Å²) in [6.45, 7) is 8.19. The molecule has 2 N–H and O–H groups in total. The minimum absolute atomic E-state index is 0.0310.